The van der Waals surface area contributed by atoms with Crippen LogP contribution in [0.1, 0.15) is 35.2 Å². The zero-order valence-corrected chi connectivity index (χ0v) is 20.1. The smallest absolute Gasteiger partial charge is 0.254 e. The van der Waals surface area contributed by atoms with Crippen LogP contribution in [0.15, 0.2) is 54.6 Å². The van der Waals surface area contributed by atoms with E-state index in [1.165, 1.54) is 18.4 Å². The van der Waals surface area contributed by atoms with Gasteiger partial charge in [-0.15, -0.1) is 0 Å². The van der Waals surface area contributed by atoms with E-state index in [0.29, 0.717) is 18.6 Å². The van der Waals surface area contributed by atoms with Crippen molar-refractivity contribution in [1.29, 1.82) is 0 Å². The monoisotopic (exact) mass is 463 g/mol. The van der Waals surface area contributed by atoms with Gasteiger partial charge in [0.05, 0.1) is 13.2 Å². The largest absolute Gasteiger partial charge is 0.492 e. The maximum absolute atomic E-state index is 13.7. The van der Waals surface area contributed by atoms with Gasteiger partial charge in [-0.3, -0.25) is 14.6 Å². The first-order valence-corrected chi connectivity index (χ1v) is 12.9. The lowest BCUT2D eigenvalue weighted by Gasteiger charge is -2.30. The number of ether oxygens (including phenoxy) is 2. The standard InChI is InChI=1S/C28H37N3O3/c32-28(24-10-6-11-26(19-24)34-18-15-29-13-16-33-17-14-29)31-12-5-4-9-25-21-30(22-27(25)31)20-23-7-2-1-3-8-23/h1-3,6-8,10-11,19,25,27H,4-5,9,12-18,20-22H2/t25-,27+/m0/s1. The molecule has 0 bridgehead atoms. The Kier molecular flexibility index (Phi) is 7.79. The predicted octanol–water partition coefficient (Wildman–Crippen LogP) is 3.52. The number of hydrogen-bond donors (Lipinski definition) is 0. The Bertz CT molecular complexity index is 932. The summed E-state index contributed by atoms with van der Waals surface area (Å²) in [7, 11) is 0. The van der Waals surface area contributed by atoms with E-state index in [2.05, 4.69) is 45.0 Å². The van der Waals surface area contributed by atoms with Crippen LogP contribution in [-0.2, 0) is 11.3 Å². The van der Waals surface area contributed by atoms with Gasteiger partial charge in [0.25, 0.3) is 5.91 Å². The second-order valence-corrected chi connectivity index (χ2v) is 9.83. The molecule has 0 radical (unpaired) electrons. The molecule has 2 atom stereocenters. The van der Waals surface area contributed by atoms with Crippen LogP contribution in [0.25, 0.3) is 0 Å². The van der Waals surface area contributed by atoms with Gasteiger partial charge in [0, 0.05) is 57.4 Å². The molecular weight excluding hydrogens is 426 g/mol. The minimum Gasteiger partial charge on any atom is -0.492 e. The molecule has 0 N–H and O–H groups in total. The number of morpholine rings is 1. The van der Waals surface area contributed by atoms with Crippen molar-refractivity contribution in [3.05, 3.63) is 65.7 Å². The highest BCUT2D eigenvalue weighted by molar-refractivity contribution is 5.95. The molecule has 0 aromatic heterocycles. The molecule has 6 nitrogen and oxygen atoms in total. The highest BCUT2D eigenvalue weighted by atomic mass is 16.5. The Morgan fingerprint density at radius 1 is 0.941 bits per heavy atom. The average molecular weight is 464 g/mol. The molecule has 2 aromatic rings. The molecular formula is C28H37N3O3. The molecule has 2 aromatic carbocycles. The summed E-state index contributed by atoms with van der Waals surface area (Å²) < 4.78 is 11.4. The number of amides is 1. The summed E-state index contributed by atoms with van der Waals surface area (Å²) in [4.78, 5) is 20.7. The van der Waals surface area contributed by atoms with Crippen molar-refractivity contribution in [2.24, 2.45) is 5.92 Å². The molecule has 3 heterocycles. The molecule has 6 heteroatoms. The number of likely N-dealkylation sites (tertiary alicyclic amines) is 2. The van der Waals surface area contributed by atoms with E-state index in [1.807, 2.05) is 24.3 Å². The van der Waals surface area contributed by atoms with Gasteiger partial charge in [-0.1, -0.05) is 42.8 Å². The fraction of sp³-hybridized carbons (Fsp3) is 0.536. The lowest BCUT2D eigenvalue weighted by atomic mass is 9.98. The molecule has 0 saturated carbocycles. The van der Waals surface area contributed by atoms with Gasteiger partial charge in [-0.05, 0) is 42.5 Å². The summed E-state index contributed by atoms with van der Waals surface area (Å²) in [5.74, 6) is 1.49. The van der Waals surface area contributed by atoms with Crippen LogP contribution in [0.4, 0.5) is 0 Å². The summed E-state index contributed by atoms with van der Waals surface area (Å²) >= 11 is 0. The van der Waals surface area contributed by atoms with Gasteiger partial charge < -0.3 is 14.4 Å². The SMILES string of the molecule is O=C(c1cccc(OCCN2CCOCC2)c1)N1CCCC[C@H]2CN(Cc3ccccc3)C[C@H]21. The summed E-state index contributed by atoms with van der Waals surface area (Å²) in [6.07, 6.45) is 3.51. The van der Waals surface area contributed by atoms with Crippen molar-refractivity contribution in [1.82, 2.24) is 14.7 Å². The quantitative estimate of drug-likeness (QED) is 0.629. The third-order valence-electron chi connectivity index (χ3n) is 7.48. The van der Waals surface area contributed by atoms with Crippen molar-refractivity contribution in [3.63, 3.8) is 0 Å². The van der Waals surface area contributed by atoms with Crippen LogP contribution < -0.4 is 4.74 Å². The number of hydrogen-bond acceptors (Lipinski definition) is 5. The van der Waals surface area contributed by atoms with E-state index in [4.69, 9.17) is 9.47 Å². The number of fused-ring (bicyclic) bond motifs is 1. The first-order chi connectivity index (χ1) is 16.8. The fourth-order valence-corrected chi connectivity index (χ4v) is 5.66. The van der Waals surface area contributed by atoms with Crippen molar-refractivity contribution < 1.29 is 14.3 Å². The normalized spacial score (nSPS) is 23.9. The molecule has 3 aliphatic rings. The van der Waals surface area contributed by atoms with E-state index in [-0.39, 0.29) is 5.91 Å². The molecule has 5 rings (SSSR count). The van der Waals surface area contributed by atoms with E-state index >= 15 is 0 Å². The Labute approximate surface area is 203 Å². The Balaban J connectivity index is 1.21. The van der Waals surface area contributed by atoms with Gasteiger partial charge >= 0.3 is 0 Å². The first kappa shape index (κ1) is 23.3. The first-order valence-electron chi connectivity index (χ1n) is 12.9. The highest BCUT2D eigenvalue weighted by Gasteiger charge is 2.39. The Morgan fingerprint density at radius 2 is 1.79 bits per heavy atom. The molecule has 182 valence electrons. The van der Waals surface area contributed by atoms with Crippen molar-refractivity contribution in [3.8, 4) is 5.75 Å². The molecule has 3 saturated heterocycles. The zero-order chi connectivity index (χ0) is 23.2. The van der Waals surface area contributed by atoms with Gasteiger partial charge in [0.15, 0.2) is 0 Å². The third-order valence-corrected chi connectivity index (χ3v) is 7.48. The topological polar surface area (TPSA) is 45.2 Å². The third kappa shape index (κ3) is 5.80. The minimum atomic E-state index is 0.150. The van der Waals surface area contributed by atoms with Crippen LogP contribution in [0.2, 0.25) is 0 Å². The molecule has 0 unspecified atom stereocenters. The number of nitrogens with zero attached hydrogens (tertiary/aromatic N) is 3. The zero-order valence-electron chi connectivity index (χ0n) is 20.1. The van der Waals surface area contributed by atoms with Gasteiger partial charge in [-0.2, -0.15) is 0 Å². The van der Waals surface area contributed by atoms with Crippen LogP contribution in [0.5, 0.6) is 5.75 Å². The summed E-state index contributed by atoms with van der Waals surface area (Å²) in [6.45, 7) is 8.87. The van der Waals surface area contributed by atoms with Crippen LogP contribution in [-0.4, -0.2) is 85.7 Å². The minimum absolute atomic E-state index is 0.150. The predicted molar refractivity (Wildman–Crippen MR) is 133 cm³/mol. The van der Waals surface area contributed by atoms with E-state index in [0.717, 1.165) is 76.8 Å². The highest BCUT2D eigenvalue weighted by Crippen LogP contribution is 2.32. The Morgan fingerprint density at radius 3 is 2.65 bits per heavy atom. The van der Waals surface area contributed by atoms with Crippen LogP contribution in [0.3, 0.4) is 0 Å². The molecule has 1 amide bonds. The maximum atomic E-state index is 13.7. The molecule has 34 heavy (non-hydrogen) atoms. The molecule has 3 aliphatic heterocycles. The summed E-state index contributed by atoms with van der Waals surface area (Å²) in [5, 5.41) is 0. The van der Waals surface area contributed by atoms with Crippen LogP contribution in [0, 0.1) is 5.92 Å². The van der Waals surface area contributed by atoms with E-state index in [1.54, 1.807) is 0 Å². The lowest BCUT2D eigenvalue weighted by molar-refractivity contribution is 0.0322. The number of carbonyl (C=O) groups excluding carboxylic acids is 1. The van der Waals surface area contributed by atoms with Gasteiger partial charge in [-0.25, -0.2) is 0 Å². The number of benzene rings is 2. The number of rotatable bonds is 7. The molecule has 0 spiro atoms. The van der Waals surface area contributed by atoms with E-state index < -0.39 is 0 Å². The number of carbonyl (C=O) groups is 1. The molecule has 0 aliphatic carbocycles. The summed E-state index contributed by atoms with van der Waals surface area (Å²) in [5.41, 5.74) is 2.09. The van der Waals surface area contributed by atoms with Gasteiger partial charge in [0.1, 0.15) is 12.4 Å². The van der Waals surface area contributed by atoms with Crippen molar-refractivity contribution in [2.45, 2.75) is 31.8 Å². The van der Waals surface area contributed by atoms with Crippen molar-refractivity contribution in [2.75, 3.05) is 59.1 Å². The lowest BCUT2D eigenvalue weighted by Crippen LogP contribution is -2.44. The van der Waals surface area contributed by atoms with Crippen molar-refractivity contribution >= 4 is 5.91 Å². The fourth-order valence-electron chi connectivity index (χ4n) is 5.66. The van der Waals surface area contributed by atoms with Gasteiger partial charge in [0.2, 0.25) is 0 Å². The maximum Gasteiger partial charge on any atom is 0.254 e. The second kappa shape index (κ2) is 11.3. The summed E-state index contributed by atoms with van der Waals surface area (Å²) in [6, 6.07) is 18.7. The van der Waals surface area contributed by atoms with Crippen LogP contribution >= 0.6 is 0 Å². The average Bonchev–Trinajstić information content (AvgIpc) is 3.16. The second-order valence-electron chi connectivity index (χ2n) is 9.83. The Hall–Kier alpha value is -2.41. The molecule has 3 fully saturated rings. The van der Waals surface area contributed by atoms with E-state index in [9.17, 15) is 4.79 Å².